The third-order valence-corrected chi connectivity index (χ3v) is 5.93. The predicted octanol–water partition coefficient (Wildman–Crippen LogP) is 2.27. The first-order valence-corrected chi connectivity index (χ1v) is 9.94. The first-order valence-electron chi connectivity index (χ1n) is 9.94. The quantitative estimate of drug-likeness (QED) is 0.476. The van der Waals surface area contributed by atoms with E-state index in [9.17, 15) is 19.8 Å². The fraction of sp³-hybridized carbons (Fsp3) is 0.364. The molecule has 0 bridgehead atoms. The number of rotatable bonds is 5. The standard InChI is InChI=1S/C22H25N3O5.ClH/c1-24(6-7-26)11-14-8-13-9-16-12(10-17(13)25(14)2)4-3-5-15-19(16)23-21(28)18(20(15)27)22(29)30;/h8-10,26H,3-7,11H2,1-2H3,(H,29,30)(H2,23,27,28);1H. The summed E-state index contributed by atoms with van der Waals surface area (Å²) in [5.41, 5.74) is 3.61. The first-order chi connectivity index (χ1) is 14.3. The number of carbonyl (C=O) groups is 1. The Labute approximate surface area is 185 Å². The number of aliphatic hydroxyl groups excluding tert-OH is 1. The molecule has 1 aromatic carbocycles. The third-order valence-electron chi connectivity index (χ3n) is 5.93. The average molecular weight is 448 g/mol. The number of nitrogens with zero attached hydrogens (tertiary/aromatic N) is 2. The van der Waals surface area contributed by atoms with E-state index in [4.69, 9.17) is 5.11 Å². The molecule has 31 heavy (non-hydrogen) atoms. The van der Waals surface area contributed by atoms with Crippen LogP contribution in [0, 0.1) is 0 Å². The second-order valence-electron chi connectivity index (χ2n) is 7.91. The van der Waals surface area contributed by atoms with Crippen molar-refractivity contribution < 1.29 is 20.1 Å². The van der Waals surface area contributed by atoms with Crippen molar-refractivity contribution in [2.45, 2.75) is 25.8 Å². The molecule has 8 nitrogen and oxygen atoms in total. The van der Waals surface area contributed by atoms with Gasteiger partial charge in [0.15, 0.2) is 5.56 Å². The van der Waals surface area contributed by atoms with Crippen LogP contribution in [-0.4, -0.2) is 55.9 Å². The number of likely N-dealkylation sites (N-methyl/N-ethyl adjacent to an activating group) is 1. The summed E-state index contributed by atoms with van der Waals surface area (Å²) < 4.78 is 2.13. The topological polar surface area (TPSA) is 119 Å². The number of aromatic hydroxyl groups is 1. The molecule has 3 aromatic rings. The van der Waals surface area contributed by atoms with Crippen molar-refractivity contribution in [1.82, 2.24) is 14.5 Å². The van der Waals surface area contributed by atoms with Crippen LogP contribution < -0.4 is 5.56 Å². The van der Waals surface area contributed by atoms with E-state index in [0.717, 1.165) is 40.6 Å². The van der Waals surface area contributed by atoms with E-state index in [1.54, 1.807) is 0 Å². The van der Waals surface area contributed by atoms with Gasteiger partial charge in [-0.1, -0.05) is 0 Å². The molecule has 2 aromatic heterocycles. The van der Waals surface area contributed by atoms with Gasteiger partial charge >= 0.3 is 5.97 Å². The number of benzene rings is 1. The van der Waals surface area contributed by atoms with Crippen LogP contribution in [0.15, 0.2) is 23.0 Å². The summed E-state index contributed by atoms with van der Waals surface area (Å²) >= 11 is 0. The van der Waals surface area contributed by atoms with Crippen molar-refractivity contribution in [2.24, 2.45) is 7.05 Å². The Kier molecular flexibility index (Phi) is 6.45. The van der Waals surface area contributed by atoms with E-state index in [-0.39, 0.29) is 19.0 Å². The number of aromatic nitrogens is 2. The van der Waals surface area contributed by atoms with Gasteiger partial charge in [0.2, 0.25) is 0 Å². The smallest absolute Gasteiger partial charge is 0.345 e. The number of aromatic amines is 1. The molecular weight excluding hydrogens is 422 g/mol. The molecule has 9 heteroatoms. The molecule has 166 valence electrons. The van der Waals surface area contributed by atoms with Crippen LogP contribution in [0.25, 0.3) is 22.2 Å². The Balaban J connectivity index is 0.00000272. The van der Waals surface area contributed by atoms with Crippen LogP contribution in [0.3, 0.4) is 0 Å². The highest BCUT2D eigenvalue weighted by Crippen LogP contribution is 2.38. The van der Waals surface area contributed by atoms with Gasteiger partial charge in [-0.3, -0.25) is 9.69 Å². The molecule has 1 aliphatic carbocycles. The molecule has 2 heterocycles. The highest BCUT2D eigenvalue weighted by Gasteiger charge is 2.26. The van der Waals surface area contributed by atoms with Gasteiger partial charge in [-0.15, -0.1) is 12.4 Å². The Morgan fingerprint density at radius 3 is 2.68 bits per heavy atom. The molecule has 0 unspecified atom stereocenters. The minimum absolute atomic E-state index is 0. The molecule has 0 radical (unpaired) electrons. The minimum Gasteiger partial charge on any atom is -0.506 e. The molecule has 0 saturated heterocycles. The van der Waals surface area contributed by atoms with E-state index < -0.39 is 22.8 Å². The fourth-order valence-electron chi connectivity index (χ4n) is 4.36. The van der Waals surface area contributed by atoms with Crippen molar-refractivity contribution in [3.05, 3.63) is 50.9 Å². The summed E-state index contributed by atoms with van der Waals surface area (Å²) in [7, 11) is 3.96. The van der Waals surface area contributed by atoms with Gasteiger partial charge in [-0.2, -0.15) is 0 Å². The number of halogens is 1. The summed E-state index contributed by atoms with van der Waals surface area (Å²) in [5.74, 6) is -1.87. The Hall–Kier alpha value is -2.81. The number of H-pyrrole nitrogens is 1. The Morgan fingerprint density at radius 1 is 1.26 bits per heavy atom. The van der Waals surface area contributed by atoms with Gasteiger partial charge in [-0.05, 0) is 50.1 Å². The maximum Gasteiger partial charge on any atom is 0.345 e. The Bertz CT molecular complexity index is 1210. The number of aliphatic hydroxyl groups is 1. The average Bonchev–Trinajstić information content (AvgIpc) is 2.86. The minimum atomic E-state index is -1.43. The summed E-state index contributed by atoms with van der Waals surface area (Å²) in [4.78, 5) is 28.5. The van der Waals surface area contributed by atoms with Crippen LogP contribution in [0.1, 0.15) is 33.6 Å². The van der Waals surface area contributed by atoms with Gasteiger partial charge in [0.05, 0.1) is 12.3 Å². The molecule has 0 spiro atoms. The van der Waals surface area contributed by atoms with Crippen LogP contribution >= 0.6 is 12.4 Å². The molecule has 0 saturated carbocycles. The van der Waals surface area contributed by atoms with Crippen molar-refractivity contribution in [3.8, 4) is 17.0 Å². The summed E-state index contributed by atoms with van der Waals surface area (Å²) in [6, 6.07) is 6.19. The van der Waals surface area contributed by atoms with Crippen LogP contribution in [-0.2, 0) is 26.4 Å². The second-order valence-corrected chi connectivity index (χ2v) is 7.91. The van der Waals surface area contributed by atoms with E-state index in [0.29, 0.717) is 30.8 Å². The van der Waals surface area contributed by atoms with Crippen LogP contribution in [0.2, 0.25) is 0 Å². The number of hydrogen-bond donors (Lipinski definition) is 4. The Morgan fingerprint density at radius 2 is 2.00 bits per heavy atom. The molecule has 4 rings (SSSR count). The number of nitrogens with one attached hydrogen (secondary N) is 1. The SMILES string of the molecule is CN(CCO)Cc1cc2cc3c(cc2n1C)CCCc1c-3[nH]c(=O)c(C(=O)O)c1O.Cl. The molecule has 0 amide bonds. The van der Waals surface area contributed by atoms with Gasteiger partial charge < -0.3 is 24.9 Å². The number of fused-ring (bicyclic) bond motifs is 4. The lowest BCUT2D eigenvalue weighted by Gasteiger charge is -2.15. The second kappa shape index (κ2) is 8.74. The van der Waals surface area contributed by atoms with Gasteiger partial charge in [0, 0.05) is 47.9 Å². The molecular formula is C22H26ClN3O5. The van der Waals surface area contributed by atoms with Gasteiger partial charge in [0.1, 0.15) is 5.75 Å². The number of carboxylic acids is 1. The lowest BCUT2D eigenvalue weighted by atomic mass is 9.98. The van der Waals surface area contributed by atoms with E-state index in [2.05, 4.69) is 21.7 Å². The van der Waals surface area contributed by atoms with Crippen LogP contribution in [0.5, 0.6) is 5.75 Å². The lowest BCUT2D eigenvalue weighted by Crippen LogP contribution is -2.22. The first kappa shape index (κ1) is 22.9. The molecule has 4 N–H and O–H groups in total. The summed E-state index contributed by atoms with van der Waals surface area (Å²) in [6.07, 6.45) is 1.98. The van der Waals surface area contributed by atoms with Crippen molar-refractivity contribution >= 4 is 29.3 Å². The number of pyridine rings is 1. The third kappa shape index (κ3) is 3.94. The number of aromatic carboxylic acids is 1. The number of aryl methyl sites for hydroxylation is 2. The highest BCUT2D eigenvalue weighted by atomic mass is 35.5. The summed E-state index contributed by atoms with van der Waals surface area (Å²) in [5, 5.41) is 30.0. The number of hydrogen-bond acceptors (Lipinski definition) is 5. The maximum absolute atomic E-state index is 12.4. The zero-order valence-corrected chi connectivity index (χ0v) is 18.3. The zero-order valence-electron chi connectivity index (χ0n) is 17.4. The molecule has 0 aliphatic heterocycles. The normalized spacial score (nSPS) is 12.9. The van der Waals surface area contributed by atoms with Gasteiger partial charge in [-0.25, -0.2) is 4.79 Å². The highest BCUT2D eigenvalue weighted by molar-refractivity contribution is 5.93. The van der Waals surface area contributed by atoms with E-state index in [1.807, 2.05) is 25.1 Å². The van der Waals surface area contributed by atoms with Crippen molar-refractivity contribution in [2.75, 3.05) is 20.2 Å². The maximum atomic E-state index is 12.4. The van der Waals surface area contributed by atoms with Gasteiger partial charge in [0.25, 0.3) is 5.56 Å². The molecule has 0 atom stereocenters. The molecule has 1 aliphatic rings. The van der Waals surface area contributed by atoms with E-state index in [1.165, 1.54) is 0 Å². The van der Waals surface area contributed by atoms with Crippen molar-refractivity contribution in [3.63, 3.8) is 0 Å². The largest absolute Gasteiger partial charge is 0.506 e. The van der Waals surface area contributed by atoms with Crippen LogP contribution in [0.4, 0.5) is 0 Å². The zero-order chi connectivity index (χ0) is 21.6. The summed E-state index contributed by atoms with van der Waals surface area (Å²) in [6.45, 7) is 1.37. The molecule has 0 fully saturated rings. The lowest BCUT2D eigenvalue weighted by molar-refractivity contribution is 0.0691. The predicted molar refractivity (Wildman–Crippen MR) is 120 cm³/mol. The monoisotopic (exact) mass is 447 g/mol. The van der Waals surface area contributed by atoms with E-state index >= 15 is 0 Å². The van der Waals surface area contributed by atoms with Crippen molar-refractivity contribution in [1.29, 1.82) is 0 Å². The fourth-order valence-corrected chi connectivity index (χ4v) is 4.36. The number of carboxylic acid groups (broad SMARTS) is 1.